The number of benzene rings is 2. The first-order valence-electron chi connectivity index (χ1n) is 18.0. The molecule has 2 aromatic heterocycles. The monoisotopic (exact) mass is 842 g/mol. The van der Waals surface area contributed by atoms with Gasteiger partial charge in [0.25, 0.3) is 0 Å². The zero-order chi connectivity index (χ0) is 38.4. The Morgan fingerprint density at radius 2 is 1.09 bits per heavy atom. The summed E-state index contributed by atoms with van der Waals surface area (Å²) in [5.74, 6) is 4.53. The van der Waals surface area contributed by atoms with Crippen molar-refractivity contribution >= 4 is 57.7 Å². The molecule has 10 nitrogen and oxygen atoms in total. The highest BCUT2D eigenvalue weighted by molar-refractivity contribution is 8.76. The van der Waals surface area contributed by atoms with Crippen LogP contribution in [-0.4, -0.2) is 64.8 Å². The van der Waals surface area contributed by atoms with Crippen LogP contribution in [0.1, 0.15) is 48.1 Å². The van der Waals surface area contributed by atoms with Gasteiger partial charge in [0, 0.05) is 80.6 Å². The molecule has 0 aliphatic heterocycles. The molecule has 0 fully saturated rings. The van der Waals surface area contributed by atoms with E-state index in [2.05, 4.69) is 50.1 Å². The number of hydrogen-bond donors (Lipinski definition) is 2. The number of hydrogen-bond acceptors (Lipinski definition) is 8. The number of aromatic nitrogens is 2. The van der Waals surface area contributed by atoms with Gasteiger partial charge in [-0.1, -0.05) is 45.9 Å². The molecule has 2 amide bonds. The van der Waals surface area contributed by atoms with Gasteiger partial charge in [0.2, 0.25) is 17.5 Å². The van der Waals surface area contributed by atoms with Crippen LogP contribution in [0.2, 0.25) is 0 Å². The fourth-order valence-electron chi connectivity index (χ4n) is 5.45. The van der Waals surface area contributed by atoms with Crippen molar-refractivity contribution < 1.29 is 62.5 Å². The summed E-state index contributed by atoms with van der Waals surface area (Å²) < 4.78 is 25.7. The molecule has 0 aliphatic carbocycles. The Balaban J connectivity index is 0.00000541. The van der Waals surface area contributed by atoms with Gasteiger partial charge in [0.05, 0.1) is 28.4 Å². The van der Waals surface area contributed by atoms with E-state index in [9.17, 15) is 9.59 Å². The average molecular weight is 844 g/mol. The fraction of sp³-hybridized carbons (Fsp3) is 0.333. The van der Waals surface area contributed by atoms with E-state index in [0.29, 0.717) is 48.9 Å². The largest absolute Gasteiger partial charge is 1.00 e. The fourth-order valence-corrected chi connectivity index (χ4v) is 7.27. The number of ether oxygens (including phenoxy) is 4. The highest BCUT2D eigenvalue weighted by Gasteiger charge is 2.10. The maximum absolute atomic E-state index is 12.4. The molecule has 0 bridgehead atoms. The molecule has 2 N–H and O–H groups in total. The first-order chi connectivity index (χ1) is 26.4. The molecular weight excluding hydrogens is 792 g/mol. The lowest BCUT2D eigenvalue weighted by Crippen LogP contribution is -3.00. The molecule has 4 rings (SSSR count). The lowest BCUT2D eigenvalue weighted by atomic mass is 10.1. The van der Waals surface area contributed by atoms with Crippen molar-refractivity contribution in [3.05, 3.63) is 108 Å². The van der Waals surface area contributed by atoms with Crippen molar-refractivity contribution in [1.29, 1.82) is 0 Å². The molecule has 0 unspecified atom stereocenters. The van der Waals surface area contributed by atoms with Crippen LogP contribution in [0, 0.1) is 0 Å². The maximum atomic E-state index is 12.4. The molecule has 0 saturated heterocycles. The van der Waals surface area contributed by atoms with Gasteiger partial charge in [-0.15, -0.1) is 0 Å². The average Bonchev–Trinajstić information content (AvgIpc) is 3.20. The van der Waals surface area contributed by atoms with Crippen molar-refractivity contribution in [2.24, 2.45) is 0 Å². The molecule has 0 radical (unpaired) electrons. The molecule has 2 aromatic carbocycles. The SMILES string of the molecule is COc1ccc(C=Cc2cc[n+](CCCC(=O)NCCSSCCNC(=O)CCC[n+]3ccccc3C=Cc3ccc(OC)c(OC)c3)cc2)cc1OC.[Cl-].[Cl-]. The summed E-state index contributed by atoms with van der Waals surface area (Å²) in [5.41, 5.74) is 4.16. The predicted molar refractivity (Wildman–Crippen MR) is 220 cm³/mol. The summed E-state index contributed by atoms with van der Waals surface area (Å²) in [5, 5.41) is 6.02. The third kappa shape index (κ3) is 16.8. The van der Waals surface area contributed by atoms with Crippen molar-refractivity contribution in [3.8, 4) is 23.0 Å². The van der Waals surface area contributed by atoms with Crippen molar-refractivity contribution in [2.45, 2.75) is 38.8 Å². The summed E-state index contributed by atoms with van der Waals surface area (Å²) in [4.78, 5) is 24.7. The highest BCUT2D eigenvalue weighted by atomic mass is 35.5. The summed E-state index contributed by atoms with van der Waals surface area (Å²) >= 11 is 0. The van der Waals surface area contributed by atoms with Crippen LogP contribution in [0.25, 0.3) is 24.3 Å². The summed E-state index contributed by atoms with van der Waals surface area (Å²) in [6.45, 7) is 2.76. The zero-order valence-corrected chi connectivity index (χ0v) is 35.5. The number of methoxy groups -OCH3 is 4. The number of carbonyl (C=O) groups excluding carboxylic acids is 2. The molecule has 0 spiro atoms. The van der Waals surface area contributed by atoms with Gasteiger partial charge < -0.3 is 54.4 Å². The van der Waals surface area contributed by atoms with Crippen molar-refractivity contribution in [3.63, 3.8) is 0 Å². The first kappa shape index (κ1) is 47.8. The number of pyridine rings is 2. The topological polar surface area (TPSA) is 103 Å². The molecule has 14 heteroatoms. The Kier molecular flexibility index (Phi) is 23.3. The number of carbonyl (C=O) groups is 2. The zero-order valence-electron chi connectivity index (χ0n) is 32.4. The first-order valence-corrected chi connectivity index (χ1v) is 20.5. The van der Waals surface area contributed by atoms with E-state index in [1.807, 2.05) is 79.3 Å². The Labute approximate surface area is 351 Å². The standard InChI is InChI=1S/C42H50N4O6S2.2ClH/c1-49-37-18-15-34(31-39(37)51-3)13-12-33-20-27-45(28-21-33)24-7-10-41(47)43-22-29-53-54-30-23-44-42(48)11-8-26-46-25-6-5-9-36(46)17-14-35-16-19-38(50-2)40(32-35)52-4;;/h5-6,9,12-21,25,27-28,31-32H,7-8,10-11,22-24,26,29-30H2,1-4H3;2*1H. The van der Waals surface area contributed by atoms with E-state index in [-0.39, 0.29) is 36.6 Å². The van der Waals surface area contributed by atoms with Gasteiger partial charge in [0.15, 0.2) is 41.6 Å². The predicted octanol–water partition coefficient (Wildman–Crippen LogP) is 0.519. The van der Waals surface area contributed by atoms with Gasteiger partial charge in [-0.2, -0.15) is 4.57 Å². The Bertz CT molecular complexity index is 1850. The number of rotatable bonds is 23. The van der Waals surface area contributed by atoms with Crippen LogP contribution in [0.3, 0.4) is 0 Å². The summed E-state index contributed by atoms with van der Waals surface area (Å²) in [7, 11) is 9.91. The molecule has 2 heterocycles. The number of aryl methyl sites for hydroxylation is 2. The minimum Gasteiger partial charge on any atom is -1.00 e. The Morgan fingerprint density at radius 1 is 0.589 bits per heavy atom. The lowest BCUT2D eigenvalue weighted by Gasteiger charge is -2.07. The van der Waals surface area contributed by atoms with Crippen LogP contribution in [0.5, 0.6) is 23.0 Å². The van der Waals surface area contributed by atoms with Gasteiger partial charge in [-0.25, -0.2) is 4.57 Å². The minimum absolute atomic E-state index is 0. The Hall–Kier alpha value is -4.36. The molecule has 302 valence electrons. The van der Waals surface area contributed by atoms with Gasteiger partial charge in [-0.05, 0) is 53.1 Å². The van der Waals surface area contributed by atoms with Crippen LogP contribution in [0.15, 0.2) is 85.3 Å². The third-order valence-corrected chi connectivity index (χ3v) is 10.8. The molecule has 0 atom stereocenters. The number of nitrogens with zero attached hydrogens (tertiary/aromatic N) is 2. The lowest BCUT2D eigenvalue weighted by molar-refractivity contribution is -0.698. The van der Waals surface area contributed by atoms with Crippen molar-refractivity contribution in [2.75, 3.05) is 53.0 Å². The van der Waals surface area contributed by atoms with Gasteiger partial charge >= 0.3 is 0 Å². The van der Waals surface area contributed by atoms with Gasteiger partial charge in [0.1, 0.15) is 13.1 Å². The second-order valence-corrected chi connectivity index (χ2v) is 14.8. The normalized spacial score (nSPS) is 10.7. The second-order valence-electron chi connectivity index (χ2n) is 12.1. The number of halogens is 2. The van der Waals surface area contributed by atoms with Crippen LogP contribution < -0.4 is 63.5 Å². The number of amides is 2. The quantitative estimate of drug-likeness (QED) is 0.0634. The Morgan fingerprint density at radius 3 is 1.62 bits per heavy atom. The van der Waals surface area contributed by atoms with E-state index >= 15 is 0 Å². The molecule has 56 heavy (non-hydrogen) atoms. The van der Waals surface area contributed by atoms with E-state index in [1.165, 1.54) is 0 Å². The van der Waals surface area contributed by atoms with Crippen LogP contribution in [0.4, 0.5) is 0 Å². The minimum atomic E-state index is 0. The summed E-state index contributed by atoms with van der Waals surface area (Å²) in [6, 6.07) is 21.8. The van der Waals surface area contributed by atoms with E-state index in [0.717, 1.165) is 59.8 Å². The molecular formula is C42H52Cl2N4O6S2. The van der Waals surface area contributed by atoms with Crippen LogP contribution in [-0.2, 0) is 22.7 Å². The smallest absolute Gasteiger partial charge is 0.220 e. The third-order valence-electron chi connectivity index (χ3n) is 8.34. The van der Waals surface area contributed by atoms with E-state index < -0.39 is 0 Å². The highest BCUT2D eigenvalue weighted by Crippen LogP contribution is 2.29. The van der Waals surface area contributed by atoms with E-state index in [1.54, 1.807) is 50.0 Å². The molecule has 0 aliphatic rings. The van der Waals surface area contributed by atoms with E-state index in [4.69, 9.17) is 18.9 Å². The second kappa shape index (κ2) is 27.3. The molecule has 0 saturated carbocycles. The number of nitrogens with one attached hydrogen (secondary N) is 2. The van der Waals surface area contributed by atoms with Gasteiger partial charge in [-0.3, -0.25) is 9.59 Å². The summed E-state index contributed by atoms with van der Waals surface area (Å²) in [6.07, 6.45) is 16.7. The van der Waals surface area contributed by atoms with Crippen molar-refractivity contribution in [1.82, 2.24) is 10.6 Å². The maximum Gasteiger partial charge on any atom is 0.220 e. The van der Waals surface area contributed by atoms with Crippen LogP contribution >= 0.6 is 21.6 Å². The molecule has 4 aromatic rings.